The molecule has 2 heteroatoms. The number of carbonyl (C=O) groups excluding carboxylic acids is 1. The molecule has 0 aromatic rings. The van der Waals surface area contributed by atoms with E-state index < -0.39 is 0 Å². The first-order chi connectivity index (χ1) is 7.59. The topological polar surface area (TPSA) is 26.3 Å². The van der Waals surface area contributed by atoms with E-state index in [0.717, 1.165) is 19.3 Å². The molecule has 90 valence electrons. The van der Waals surface area contributed by atoms with Crippen molar-refractivity contribution in [1.29, 1.82) is 0 Å². The molecule has 1 unspecified atom stereocenters. The summed E-state index contributed by atoms with van der Waals surface area (Å²) in [6, 6.07) is 0. The molecular weight excluding hydrogens is 200 g/mol. The van der Waals surface area contributed by atoms with Crippen molar-refractivity contribution in [3.05, 3.63) is 23.3 Å². The van der Waals surface area contributed by atoms with Gasteiger partial charge in [0.25, 0.3) is 0 Å². The summed E-state index contributed by atoms with van der Waals surface area (Å²) < 4.78 is 5.19. The molecule has 0 spiro atoms. The Morgan fingerprint density at radius 1 is 1.56 bits per heavy atom. The maximum Gasteiger partial charge on any atom is 0.312 e. The minimum Gasteiger partial charge on any atom is -0.466 e. The highest BCUT2D eigenvalue weighted by atomic mass is 16.5. The first-order valence-corrected chi connectivity index (χ1v) is 6.09. The van der Waals surface area contributed by atoms with Crippen LogP contribution < -0.4 is 0 Å². The Balaban J connectivity index is 2.79. The number of hydrogen-bond acceptors (Lipinski definition) is 2. The van der Waals surface area contributed by atoms with E-state index >= 15 is 0 Å². The molecule has 1 rings (SSSR count). The first kappa shape index (κ1) is 13.0. The second kappa shape index (κ2) is 5.33. The van der Waals surface area contributed by atoms with Crippen molar-refractivity contribution in [2.45, 2.75) is 47.0 Å². The molecule has 1 aliphatic rings. The van der Waals surface area contributed by atoms with Gasteiger partial charge in [0, 0.05) is 0 Å². The normalized spacial score (nSPS) is 25.5. The lowest BCUT2D eigenvalue weighted by Crippen LogP contribution is -2.30. The van der Waals surface area contributed by atoms with E-state index in [4.69, 9.17) is 4.74 Å². The minimum absolute atomic E-state index is 0.0346. The van der Waals surface area contributed by atoms with Gasteiger partial charge >= 0.3 is 5.97 Å². The van der Waals surface area contributed by atoms with E-state index in [1.165, 1.54) is 11.1 Å². The molecule has 1 aliphatic carbocycles. The summed E-state index contributed by atoms with van der Waals surface area (Å²) in [5.41, 5.74) is 2.28. The van der Waals surface area contributed by atoms with E-state index in [9.17, 15) is 4.79 Å². The smallest absolute Gasteiger partial charge is 0.312 e. The van der Waals surface area contributed by atoms with Gasteiger partial charge in [0.2, 0.25) is 0 Å². The van der Waals surface area contributed by atoms with Gasteiger partial charge in [-0.3, -0.25) is 4.79 Å². The molecule has 0 N–H and O–H groups in total. The summed E-state index contributed by atoms with van der Waals surface area (Å²) in [5, 5.41) is 0. The van der Waals surface area contributed by atoms with E-state index in [2.05, 4.69) is 26.0 Å². The van der Waals surface area contributed by atoms with E-state index in [1.54, 1.807) is 0 Å². The third-order valence-corrected chi connectivity index (χ3v) is 3.59. The number of ether oxygens (including phenoxy) is 1. The first-order valence-electron chi connectivity index (χ1n) is 6.09. The van der Waals surface area contributed by atoms with Crippen molar-refractivity contribution in [2.75, 3.05) is 6.61 Å². The fourth-order valence-electron chi connectivity index (χ4n) is 2.17. The molecule has 0 heterocycles. The molecule has 0 saturated heterocycles. The molecule has 0 radical (unpaired) electrons. The highest BCUT2D eigenvalue weighted by molar-refractivity contribution is 5.78. The molecule has 0 aromatic heterocycles. The van der Waals surface area contributed by atoms with Gasteiger partial charge in [0.1, 0.15) is 0 Å². The molecule has 0 aromatic carbocycles. The fourth-order valence-corrected chi connectivity index (χ4v) is 2.17. The van der Waals surface area contributed by atoms with Crippen molar-refractivity contribution in [3.8, 4) is 0 Å². The van der Waals surface area contributed by atoms with E-state index in [-0.39, 0.29) is 11.4 Å². The molecule has 0 bridgehead atoms. The van der Waals surface area contributed by atoms with Crippen LogP contribution in [0.4, 0.5) is 0 Å². The van der Waals surface area contributed by atoms with Gasteiger partial charge in [0.05, 0.1) is 12.0 Å². The van der Waals surface area contributed by atoms with Crippen LogP contribution in [0.15, 0.2) is 23.3 Å². The molecule has 16 heavy (non-hydrogen) atoms. The number of esters is 1. The van der Waals surface area contributed by atoms with Crippen LogP contribution in [-0.2, 0) is 9.53 Å². The predicted molar refractivity (Wildman–Crippen MR) is 66.1 cm³/mol. The highest BCUT2D eigenvalue weighted by Crippen LogP contribution is 2.43. The molecule has 1 atom stereocenters. The summed E-state index contributed by atoms with van der Waals surface area (Å²) in [6.07, 6.45) is 6.79. The van der Waals surface area contributed by atoms with Crippen LogP contribution in [0.5, 0.6) is 0 Å². The highest BCUT2D eigenvalue weighted by Gasteiger charge is 2.41. The van der Waals surface area contributed by atoms with Gasteiger partial charge in [0.15, 0.2) is 0 Å². The quantitative estimate of drug-likeness (QED) is 0.679. The third kappa shape index (κ3) is 2.37. The zero-order chi connectivity index (χ0) is 12.2. The van der Waals surface area contributed by atoms with Gasteiger partial charge in [-0.05, 0) is 45.6 Å². The van der Waals surface area contributed by atoms with E-state index in [1.807, 2.05) is 13.8 Å². The van der Waals surface area contributed by atoms with Crippen molar-refractivity contribution in [3.63, 3.8) is 0 Å². The van der Waals surface area contributed by atoms with Gasteiger partial charge < -0.3 is 4.74 Å². The summed E-state index contributed by atoms with van der Waals surface area (Å²) >= 11 is 0. The summed E-state index contributed by atoms with van der Waals surface area (Å²) in [5.74, 6) is -0.0346. The van der Waals surface area contributed by atoms with Gasteiger partial charge in [-0.2, -0.15) is 0 Å². The second-order valence-corrected chi connectivity index (χ2v) is 4.44. The molecular formula is C14H22O2. The van der Waals surface area contributed by atoms with Crippen LogP contribution in [0.1, 0.15) is 47.0 Å². The van der Waals surface area contributed by atoms with Crippen LogP contribution in [0.3, 0.4) is 0 Å². The number of carbonyl (C=O) groups is 1. The maximum atomic E-state index is 12.0. The Kier molecular flexibility index (Phi) is 4.34. The number of hydrogen-bond donors (Lipinski definition) is 0. The Morgan fingerprint density at radius 2 is 2.25 bits per heavy atom. The van der Waals surface area contributed by atoms with Crippen LogP contribution in [-0.4, -0.2) is 12.6 Å². The Labute approximate surface area is 98.4 Å². The average molecular weight is 222 g/mol. The fraction of sp³-hybridized carbons (Fsp3) is 0.643. The lowest BCUT2D eigenvalue weighted by Gasteiger charge is -2.25. The molecule has 0 amide bonds. The minimum atomic E-state index is -0.296. The van der Waals surface area contributed by atoms with Crippen molar-refractivity contribution in [1.82, 2.24) is 0 Å². The summed E-state index contributed by atoms with van der Waals surface area (Å²) in [4.78, 5) is 12.0. The summed E-state index contributed by atoms with van der Waals surface area (Å²) in [7, 11) is 0. The van der Waals surface area contributed by atoms with Gasteiger partial charge in [-0.25, -0.2) is 0 Å². The standard InChI is InChI=1S/C14H22O2/c1-5-11(4)12-8-9-14(6-2,10-12)13(15)16-7-3/h5,8H,6-7,9-10H2,1-4H3/b11-5+. The van der Waals surface area contributed by atoms with Crippen LogP contribution in [0, 0.1) is 5.41 Å². The van der Waals surface area contributed by atoms with Crippen molar-refractivity contribution >= 4 is 5.97 Å². The van der Waals surface area contributed by atoms with E-state index in [0.29, 0.717) is 6.61 Å². The zero-order valence-corrected chi connectivity index (χ0v) is 10.8. The van der Waals surface area contributed by atoms with Crippen molar-refractivity contribution < 1.29 is 9.53 Å². The van der Waals surface area contributed by atoms with Crippen LogP contribution in [0.2, 0.25) is 0 Å². The van der Waals surface area contributed by atoms with Crippen molar-refractivity contribution in [2.24, 2.45) is 5.41 Å². The Bertz CT molecular complexity index is 326. The molecule has 0 saturated carbocycles. The van der Waals surface area contributed by atoms with Crippen LogP contribution in [0.25, 0.3) is 0 Å². The summed E-state index contributed by atoms with van der Waals surface area (Å²) in [6.45, 7) is 8.54. The molecule has 0 fully saturated rings. The SMILES string of the molecule is C/C=C(\C)C1=CCC(CC)(C(=O)OCC)C1. The lowest BCUT2D eigenvalue weighted by molar-refractivity contribution is -0.155. The number of allylic oxidation sites excluding steroid dienone is 4. The third-order valence-electron chi connectivity index (χ3n) is 3.59. The van der Waals surface area contributed by atoms with Gasteiger partial charge in [-0.15, -0.1) is 0 Å². The largest absolute Gasteiger partial charge is 0.466 e. The van der Waals surface area contributed by atoms with Crippen LogP contribution >= 0.6 is 0 Å². The maximum absolute atomic E-state index is 12.0. The van der Waals surface area contributed by atoms with Gasteiger partial charge in [-0.1, -0.05) is 24.6 Å². The lowest BCUT2D eigenvalue weighted by atomic mass is 9.81. The second-order valence-electron chi connectivity index (χ2n) is 4.44. The average Bonchev–Trinajstić information content (AvgIpc) is 2.74. The number of rotatable bonds is 4. The zero-order valence-electron chi connectivity index (χ0n) is 10.8. The molecule has 0 aliphatic heterocycles. The monoisotopic (exact) mass is 222 g/mol. The molecule has 2 nitrogen and oxygen atoms in total. The predicted octanol–water partition coefficient (Wildman–Crippen LogP) is 3.63. The Morgan fingerprint density at radius 3 is 2.75 bits per heavy atom. The Hall–Kier alpha value is -1.05.